The zero-order valence-corrected chi connectivity index (χ0v) is 22.8. The lowest BCUT2D eigenvalue weighted by Gasteiger charge is -2.25. The Bertz CT molecular complexity index is 1570. The van der Waals surface area contributed by atoms with Gasteiger partial charge in [-0.1, -0.05) is 23.5 Å². The molecule has 1 aromatic heterocycles. The molecule has 0 saturated carbocycles. The Morgan fingerprint density at radius 1 is 1.05 bits per heavy atom. The first-order valence-corrected chi connectivity index (χ1v) is 13.1. The van der Waals surface area contributed by atoms with Gasteiger partial charge in [0.25, 0.3) is 5.56 Å². The minimum absolute atomic E-state index is 0.0183. The predicted octanol–water partition coefficient (Wildman–Crippen LogP) is 3.31. The number of aromatic hydroxyl groups is 1. The lowest BCUT2D eigenvalue weighted by atomic mass is 9.95. The fraction of sp³-hybridized carbons (Fsp3) is 0.321. The van der Waals surface area contributed by atoms with Gasteiger partial charge in [0.2, 0.25) is 0 Å². The summed E-state index contributed by atoms with van der Waals surface area (Å²) in [4.78, 5) is 32.0. The average molecular weight is 539 g/mol. The highest BCUT2D eigenvalue weighted by Crippen LogP contribution is 2.36. The Labute approximate surface area is 223 Å². The van der Waals surface area contributed by atoms with Gasteiger partial charge in [-0.05, 0) is 69.2 Å². The molecule has 0 saturated heterocycles. The molecule has 10 heteroatoms. The number of fused-ring (bicyclic) bond motifs is 1. The number of rotatable bonds is 9. The number of phenolic OH excluding ortho intramolecular Hbond substituents is 1. The van der Waals surface area contributed by atoms with E-state index in [9.17, 15) is 14.7 Å². The maximum Gasteiger partial charge on any atom is 0.338 e. The predicted molar refractivity (Wildman–Crippen MR) is 144 cm³/mol. The van der Waals surface area contributed by atoms with E-state index in [0.29, 0.717) is 56.6 Å². The standard InChI is InChI=1S/C28H30N2O7S/c1-6-35-21-13-17(9-11-19(21)31)14-23-26(32)30-25(18-10-12-20(34-5)22(15-18)36-7-2)24(27(33)37-8-3)16(4)29-28(30)38-23/h9-15,25,31H,6-8H2,1-5H3/b23-14-. The maximum absolute atomic E-state index is 13.8. The van der Waals surface area contributed by atoms with E-state index in [2.05, 4.69) is 4.99 Å². The zero-order valence-electron chi connectivity index (χ0n) is 21.9. The van der Waals surface area contributed by atoms with Crippen LogP contribution in [0.2, 0.25) is 0 Å². The molecule has 0 fully saturated rings. The van der Waals surface area contributed by atoms with Gasteiger partial charge in [0.1, 0.15) is 0 Å². The number of allylic oxidation sites excluding steroid dienone is 1. The van der Waals surface area contributed by atoms with Crippen LogP contribution in [0.1, 0.15) is 44.9 Å². The smallest absolute Gasteiger partial charge is 0.338 e. The van der Waals surface area contributed by atoms with Crippen LogP contribution in [0, 0.1) is 0 Å². The van der Waals surface area contributed by atoms with Crippen molar-refractivity contribution in [1.82, 2.24) is 4.57 Å². The summed E-state index contributed by atoms with van der Waals surface area (Å²) in [5.74, 6) is 0.847. The summed E-state index contributed by atoms with van der Waals surface area (Å²) < 4.78 is 24.0. The molecule has 1 atom stereocenters. The van der Waals surface area contributed by atoms with Crippen molar-refractivity contribution in [2.45, 2.75) is 33.7 Å². The topological polar surface area (TPSA) is 109 Å². The highest BCUT2D eigenvalue weighted by Gasteiger charge is 2.34. The van der Waals surface area contributed by atoms with E-state index in [1.807, 2.05) is 13.8 Å². The highest BCUT2D eigenvalue weighted by atomic mass is 32.1. The molecule has 2 aromatic carbocycles. The Balaban J connectivity index is 1.94. The zero-order chi connectivity index (χ0) is 27.4. The van der Waals surface area contributed by atoms with E-state index in [0.717, 1.165) is 0 Å². The number of nitrogens with zero attached hydrogens (tertiary/aromatic N) is 2. The molecule has 2 heterocycles. The SMILES string of the molecule is CCOC(=O)C1=C(C)N=c2s/c(=C\c3ccc(O)c(OCC)c3)c(=O)n2C1c1ccc(OC)c(OCC)c1. The molecule has 1 aliphatic rings. The quantitative estimate of drug-likeness (QED) is 0.417. The van der Waals surface area contributed by atoms with Gasteiger partial charge in [-0.15, -0.1) is 0 Å². The second-order valence-electron chi connectivity index (χ2n) is 8.31. The number of aromatic nitrogens is 1. The molecule has 0 radical (unpaired) electrons. The van der Waals surface area contributed by atoms with Gasteiger partial charge in [0.15, 0.2) is 27.8 Å². The lowest BCUT2D eigenvalue weighted by Crippen LogP contribution is -2.40. The molecule has 38 heavy (non-hydrogen) atoms. The molecule has 1 N–H and O–H groups in total. The Kier molecular flexibility index (Phi) is 8.21. The number of ether oxygens (including phenoxy) is 4. The van der Waals surface area contributed by atoms with Crippen LogP contribution < -0.4 is 29.1 Å². The summed E-state index contributed by atoms with van der Waals surface area (Å²) in [5, 5.41) is 10.0. The van der Waals surface area contributed by atoms with E-state index in [4.69, 9.17) is 18.9 Å². The molecule has 0 aliphatic carbocycles. The Hall–Kier alpha value is -4.05. The van der Waals surface area contributed by atoms with Crippen molar-refractivity contribution in [3.05, 3.63) is 78.5 Å². The molecule has 1 aliphatic heterocycles. The number of phenols is 1. The van der Waals surface area contributed by atoms with E-state index in [-0.39, 0.29) is 23.5 Å². The van der Waals surface area contributed by atoms with Crippen LogP contribution in [-0.2, 0) is 9.53 Å². The number of methoxy groups -OCH3 is 1. The lowest BCUT2D eigenvalue weighted by molar-refractivity contribution is -0.139. The summed E-state index contributed by atoms with van der Waals surface area (Å²) in [5.41, 5.74) is 1.77. The van der Waals surface area contributed by atoms with Gasteiger partial charge in [-0.25, -0.2) is 9.79 Å². The van der Waals surface area contributed by atoms with E-state index in [1.165, 1.54) is 22.0 Å². The van der Waals surface area contributed by atoms with Crippen molar-refractivity contribution in [1.29, 1.82) is 0 Å². The fourth-order valence-electron chi connectivity index (χ4n) is 4.28. The number of carbonyl (C=O) groups excluding carboxylic acids is 1. The first kappa shape index (κ1) is 27.0. The van der Waals surface area contributed by atoms with Gasteiger partial charge in [-0.3, -0.25) is 9.36 Å². The van der Waals surface area contributed by atoms with Crippen LogP contribution in [0.4, 0.5) is 0 Å². The van der Waals surface area contributed by atoms with Crippen LogP contribution in [-0.4, -0.2) is 42.6 Å². The first-order chi connectivity index (χ1) is 18.3. The molecule has 200 valence electrons. The van der Waals surface area contributed by atoms with Crippen molar-refractivity contribution in [2.75, 3.05) is 26.9 Å². The van der Waals surface area contributed by atoms with Crippen molar-refractivity contribution in [3.63, 3.8) is 0 Å². The van der Waals surface area contributed by atoms with Crippen LogP contribution >= 0.6 is 11.3 Å². The van der Waals surface area contributed by atoms with Crippen molar-refractivity contribution in [3.8, 4) is 23.0 Å². The molecule has 1 unspecified atom stereocenters. The minimum atomic E-state index is -0.781. The fourth-order valence-corrected chi connectivity index (χ4v) is 5.33. The number of carbonyl (C=O) groups is 1. The molecular formula is C28H30N2O7S. The van der Waals surface area contributed by atoms with Gasteiger partial charge in [0.05, 0.1) is 48.8 Å². The third-order valence-electron chi connectivity index (χ3n) is 5.90. The second kappa shape index (κ2) is 11.6. The molecule has 0 amide bonds. The maximum atomic E-state index is 13.8. The number of benzene rings is 2. The van der Waals surface area contributed by atoms with Gasteiger partial charge < -0.3 is 24.1 Å². The molecule has 3 aromatic rings. The minimum Gasteiger partial charge on any atom is -0.504 e. The van der Waals surface area contributed by atoms with Crippen LogP contribution in [0.25, 0.3) is 6.08 Å². The molecule has 4 rings (SSSR count). The van der Waals surface area contributed by atoms with E-state index < -0.39 is 12.0 Å². The van der Waals surface area contributed by atoms with Crippen LogP contribution in [0.15, 0.2) is 57.5 Å². The third-order valence-corrected chi connectivity index (χ3v) is 6.88. The second-order valence-corrected chi connectivity index (χ2v) is 9.31. The highest BCUT2D eigenvalue weighted by molar-refractivity contribution is 7.07. The van der Waals surface area contributed by atoms with Crippen LogP contribution in [0.3, 0.4) is 0 Å². The first-order valence-electron chi connectivity index (χ1n) is 12.3. The molecule has 9 nitrogen and oxygen atoms in total. The van der Waals surface area contributed by atoms with Crippen molar-refractivity contribution in [2.24, 2.45) is 4.99 Å². The number of thiazole rings is 1. The molecular weight excluding hydrogens is 508 g/mol. The number of hydrogen-bond acceptors (Lipinski definition) is 9. The van der Waals surface area contributed by atoms with Gasteiger partial charge in [-0.2, -0.15) is 0 Å². The number of esters is 1. The summed E-state index contributed by atoms with van der Waals surface area (Å²) in [6.07, 6.45) is 1.71. The summed E-state index contributed by atoms with van der Waals surface area (Å²) >= 11 is 1.21. The summed E-state index contributed by atoms with van der Waals surface area (Å²) in [6, 6.07) is 9.43. The number of hydrogen-bond donors (Lipinski definition) is 1. The van der Waals surface area contributed by atoms with E-state index in [1.54, 1.807) is 57.4 Å². The Morgan fingerprint density at radius 3 is 2.47 bits per heavy atom. The molecule has 0 bridgehead atoms. The van der Waals surface area contributed by atoms with E-state index >= 15 is 0 Å². The van der Waals surface area contributed by atoms with Crippen molar-refractivity contribution >= 4 is 23.4 Å². The van der Waals surface area contributed by atoms with Crippen LogP contribution in [0.5, 0.6) is 23.0 Å². The average Bonchev–Trinajstić information content (AvgIpc) is 3.19. The normalized spacial score (nSPS) is 15.1. The summed E-state index contributed by atoms with van der Waals surface area (Å²) in [6.45, 7) is 8.14. The third kappa shape index (κ3) is 5.17. The monoisotopic (exact) mass is 538 g/mol. The summed E-state index contributed by atoms with van der Waals surface area (Å²) in [7, 11) is 1.55. The van der Waals surface area contributed by atoms with Gasteiger partial charge >= 0.3 is 5.97 Å². The Morgan fingerprint density at radius 2 is 1.79 bits per heavy atom. The van der Waals surface area contributed by atoms with Gasteiger partial charge in [0, 0.05) is 0 Å². The molecule has 0 spiro atoms. The largest absolute Gasteiger partial charge is 0.504 e. The van der Waals surface area contributed by atoms with Crippen molar-refractivity contribution < 1.29 is 28.8 Å².